The Labute approximate surface area is 257 Å². The molecule has 2 bridgehead atoms. The molecule has 0 saturated carbocycles. The zero-order valence-corrected chi connectivity index (χ0v) is 25.4. The number of hydrogen-bond donors (Lipinski definition) is 0. The maximum absolute atomic E-state index is 14.0. The van der Waals surface area contributed by atoms with Gasteiger partial charge in [0.2, 0.25) is 0 Å². The number of carbonyl (C=O) groups is 1. The highest BCUT2D eigenvalue weighted by molar-refractivity contribution is 6.38. The second-order valence-electron chi connectivity index (χ2n) is 11.6. The number of hydrogen-bond acceptors (Lipinski definition) is 4. The minimum Gasteiger partial charge on any atom is -0.444 e. The van der Waals surface area contributed by atoms with E-state index in [2.05, 4.69) is 0 Å². The third-order valence-corrected chi connectivity index (χ3v) is 8.49. The van der Waals surface area contributed by atoms with Crippen LogP contribution in [0.15, 0.2) is 65.5 Å². The number of para-hydroxylation sites is 1. The molecular formula is C32H27Cl3FN3O3. The predicted octanol–water partition coefficient (Wildman–Crippen LogP) is 8.71. The molecule has 0 spiro atoms. The van der Waals surface area contributed by atoms with E-state index in [9.17, 15) is 14.0 Å². The summed E-state index contributed by atoms with van der Waals surface area (Å²) in [6.07, 6.45) is 3.89. The summed E-state index contributed by atoms with van der Waals surface area (Å²) in [6, 6.07) is 13.9. The second kappa shape index (κ2) is 10.7. The lowest BCUT2D eigenvalue weighted by Gasteiger charge is -2.35. The Morgan fingerprint density at radius 1 is 1.00 bits per heavy atom. The van der Waals surface area contributed by atoms with E-state index in [1.807, 2.05) is 37.8 Å². The summed E-state index contributed by atoms with van der Waals surface area (Å²) in [5.41, 5.74) is 2.45. The summed E-state index contributed by atoms with van der Waals surface area (Å²) in [5, 5.41) is 1.40. The molecule has 0 N–H and O–H groups in total. The van der Waals surface area contributed by atoms with Gasteiger partial charge in [0, 0.05) is 23.1 Å². The van der Waals surface area contributed by atoms with E-state index in [-0.39, 0.29) is 28.8 Å². The highest BCUT2D eigenvalue weighted by Crippen LogP contribution is 2.42. The molecule has 2 aliphatic heterocycles. The molecule has 2 atom stereocenters. The molecule has 6 rings (SSSR count). The highest BCUT2D eigenvalue weighted by Gasteiger charge is 2.42. The Hall–Kier alpha value is -3.39. The largest absolute Gasteiger partial charge is 0.444 e. The second-order valence-corrected chi connectivity index (χ2v) is 12.8. The lowest BCUT2D eigenvalue weighted by Crippen LogP contribution is -2.45. The Kier molecular flexibility index (Phi) is 7.32. The quantitative estimate of drug-likeness (QED) is 0.228. The number of benzene rings is 2. The monoisotopic (exact) mass is 625 g/mol. The number of nitrogens with zero attached hydrogens (tertiary/aromatic N) is 3. The fourth-order valence-electron chi connectivity index (χ4n) is 5.84. The standard InChI is InChI=1S/C32H27Cl3FN3O3/c1-32(2,3)42-31(41)38-19-8-9-20(38)14-17(13-19)26-16-27-22(29(37-26)21-10-7-18(36)15-25(21)35)11-12-28(40)39(27)30-23(33)5-4-6-24(30)34/h4-7,10-13,15-16,19-20H,8-9,14H2,1-3H3. The molecule has 6 nitrogen and oxygen atoms in total. The normalized spacial score (nSPS) is 18.4. The summed E-state index contributed by atoms with van der Waals surface area (Å²) in [7, 11) is 0. The van der Waals surface area contributed by atoms with Crippen molar-refractivity contribution in [1.29, 1.82) is 0 Å². The summed E-state index contributed by atoms with van der Waals surface area (Å²) in [4.78, 5) is 33.3. The Bertz CT molecular complexity index is 1830. The Morgan fingerprint density at radius 2 is 1.74 bits per heavy atom. The van der Waals surface area contributed by atoms with Crippen molar-refractivity contribution >= 4 is 57.4 Å². The summed E-state index contributed by atoms with van der Waals surface area (Å²) < 4.78 is 21.2. The molecule has 1 saturated heterocycles. The highest BCUT2D eigenvalue weighted by atomic mass is 35.5. The lowest BCUT2D eigenvalue weighted by atomic mass is 9.96. The molecular weight excluding hydrogens is 600 g/mol. The summed E-state index contributed by atoms with van der Waals surface area (Å²) in [6.45, 7) is 5.55. The van der Waals surface area contributed by atoms with E-state index >= 15 is 0 Å². The fraction of sp³-hybridized carbons (Fsp3) is 0.281. The van der Waals surface area contributed by atoms with Gasteiger partial charge in [0.25, 0.3) is 5.56 Å². The van der Waals surface area contributed by atoms with E-state index < -0.39 is 11.4 Å². The van der Waals surface area contributed by atoms with Gasteiger partial charge in [-0.3, -0.25) is 14.3 Å². The van der Waals surface area contributed by atoms with Crippen LogP contribution in [0.1, 0.15) is 45.7 Å². The van der Waals surface area contributed by atoms with Gasteiger partial charge in [-0.25, -0.2) is 14.2 Å². The molecule has 2 unspecified atom stereocenters. The van der Waals surface area contributed by atoms with Gasteiger partial charge in [-0.15, -0.1) is 0 Å². The van der Waals surface area contributed by atoms with Crippen LogP contribution in [0.4, 0.5) is 9.18 Å². The first kappa shape index (κ1) is 28.7. The molecule has 10 heteroatoms. The Morgan fingerprint density at radius 3 is 2.40 bits per heavy atom. The maximum Gasteiger partial charge on any atom is 0.411 e. The summed E-state index contributed by atoms with van der Waals surface area (Å²) in [5.74, 6) is -0.474. The van der Waals surface area contributed by atoms with Gasteiger partial charge in [0.1, 0.15) is 11.4 Å². The molecule has 4 heterocycles. The van der Waals surface area contributed by atoms with Crippen LogP contribution in [0.2, 0.25) is 15.1 Å². The zero-order chi connectivity index (χ0) is 29.9. The maximum atomic E-state index is 14.0. The lowest BCUT2D eigenvalue weighted by molar-refractivity contribution is 0.0175. The number of pyridine rings is 2. The number of amides is 1. The number of ether oxygens (including phenoxy) is 1. The molecule has 2 aliphatic rings. The van der Waals surface area contributed by atoms with Gasteiger partial charge in [-0.05, 0) is 88.1 Å². The minimum atomic E-state index is -0.604. The Balaban J connectivity index is 1.58. The topological polar surface area (TPSA) is 64.4 Å². The number of fused-ring (bicyclic) bond motifs is 3. The number of carbonyl (C=O) groups excluding carboxylic acids is 1. The van der Waals surface area contributed by atoms with Crippen LogP contribution in [0.3, 0.4) is 0 Å². The third kappa shape index (κ3) is 5.19. The average molecular weight is 627 g/mol. The van der Waals surface area contributed by atoms with Crippen molar-refractivity contribution in [2.75, 3.05) is 0 Å². The number of rotatable bonds is 3. The number of halogens is 4. The molecule has 216 valence electrons. The third-order valence-electron chi connectivity index (χ3n) is 7.57. The molecule has 42 heavy (non-hydrogen) atoms. The fourth-order valence-corrected chi connectivity index (χ4v) is 6.67. The van der Waals surface area contributed by atoms with E-state index in [1.165, 1.54) is 22.8 Å². The van der Waals surface area contributed by atoms with E-state index in [0.29, 0.717) is 50.0 Å². The van der Waals surface area contributed by atoms with Crippen LogP contribution in [0, 0.1) is 5.82 Å². The van der Waals surface area contributed by atoms with Crippen molar-refractivity contribution in [3.05, 3.63) is 97.6 Å². The van der Waals surface area contributed by atoms with Crippen LogP contribution in [-0.2, 0) is 4.74 Å². The van der Waals surface area contributed by atoms with Crippen molar-refractivity contribution in [3.63, 3.8) is 0 Å². The molecule has 1 amide bonds. The van der Waals surface area contributed by atoms with E-state index in [0.717, 1.165) is 18.4 Å². The molecule has 0 radical (unpaired) electrons. The first-order valence-corrected chi connectivity index (χ1v) is 14.7. The van der Waals surface area contributed by atoms with Crippen molar-refractivity contribution in [2.24, 2.45) is 0 Å². The average Bonchev–Trinajstić information content (AvgIpc) is 3.18. The van der Waals surface area contributed by atoms with Crippen LogP contribution in [0.5, 0.6) is 0 Å². The van der Waals surface area contributed by atoms with Gasteiger partial charge in [0.15, 0.2) is 0 Å². The SMILES string of the molecule is CC(C)(C)OC(=O)N1C2C=C(c3cc4c(ccc(=O)n4-c4c(Cl)cccc4Cl)c(-c4ccc(F)cc4Cl)n3)CC1CC2. The molecule has 1 fully saturated rings. The summed E-state index contributed by atoms with van der Waals surface area (Å²) >= 11 is 19.7. The van der Waals surface area contributed by atoms with Crippen LogP contribution in [-0.4, -0.2) is 38.2 Å². The first-order valence-electron chi connectivity index (χ1n) is 13.6. The smallest absolute Gasteiger partial charge is 0.411 e. The van der Waals surface area contributed by atoms with Crippen molar-refractivity contribution in [2.45, 2.75) is 57.7 Å². The van der Waals surface area contributed by atoms with Gasteiger partial charge >= 0.3 is 6.09 Å². The van der Waals surface area contributed by atoms with Gasteiger partial charge in [-0.1, -0.05) is 46.9 Å². The number of aromatic nitrogens is 2. The van der Waals surface area contributed by atoms with Gasteiger partial charge in [0.05, 0.1) is 43.7 Å². The van der Waals surface area contributed by atoms with Crippen LogP contribution >= 0.6 is 34.8 Å². The van der Waals surface area contributed by atoms with Crippen molar-refractivity contribution in [1.82, 2.24) is 14.5 Å². The van der Waals surface area contributed by atoms with Crippen molar-refractivity contribution < 1.29 is 13.9 Å². The van der Waals surface area contributed by atoms with Crippen molar-refractivity contribution in [3.8, 4) is 16.9 Å². The minimum absolute atomic E-state index is 0.0591. The molecule has 0 aliphatic carbocycles. The van der Waals surface area contributed by atoms with E-state index in [1.54, 1.807) is 30.3 Å². The molecule has 2 aromatic heterocycles. The predicted molar refractivity (Wildman–Crippen MR) is 165 cm³/mol. The van der Waals surface area contributed by atoms with Gasteiger partial charge < -0.3 is 4.74 Å². The van der Waals surface area contributed by atoms with Crippen LogP contribution in [0.25, 0.3) is 33.4 Å². The van der Waals surface area contributed by atoms with Crippen LogP contribution < -0.4 is 5.56 Å². The van der Waals surface area contributed by atoms with E-state index in [4.69, 9.17) is 44.5 Å². The zero-order valence-electron chi connectivity index (χ0n) is 23.1. The van der Waals surface area contributed by atoms with Gasteiger partial charge in [-0.2, -0.15) is 0 Å². The molecule has 2 aromatic carbocycles. The first-order chi connectivity index (χ1) is 19.9. The molecule has 4 aromatic rings.